The molecular formula is C24H19F2N3O3S. The average molecular weight is 467 g/mol. The van der Waals surface area contributed by atoms with Gasteiger partial charge in [0.2, 0.25) is 10.9 Å². The minimum atomic E-state index is -2.72. The van der Waals surface area contributed by atoms with Gasteiger partial charge in [-0.15, -0.1) is 0 Å². The SMILES string of the molecule is O=C(c1ccc2ncc(-c3ccccc3)nc2c1)c1cc(CCCN[SH](=O)=O)cc(F)c1F. The highest BCUT2D eigenvalue weighted by Crippen LogP contribution is 2.23. The van der Waals surface area contributed by atoms with Gasteiger partial charge in [-0.3, -0.25) is 9.78 Å². The van der Waals surface area contributed by atoms with Crippen LogP contribution >= 0.6 is 0 Å². The van der Waals surface area contributed by atoms with Gasteiger partial charge in [-0.1, -0.05) is 30.3 Å². The van der Waals surface area contributed by atoms with E-state index in [0.29, 0.717) is 28.7 Å². The summed E-state index contributed by atoms with van der Waals surface area (Å²) in [5, 5.41) is 0. The molecule has 168 valence electrons. The molecular weight excluding hydrogens is 448 g/mol. The van der Waals surface area contributed by atoms with Crippen LogP contribution in [0.5, 0.6) is 0 Å². The Morgan fingerprint density at radius 2 is 1.76 bits per heavy atom. The Morgan fingerprint density at radius 1 is 0.970 bits per heavy atom. The number of aryl methyl sites for hydroxylation is 1. The molecule has 0 aliphatic carbocycles. The maximum Gasteiger partial charge on any atom is 0.201 e. The van der Waals surface area contributed by atoms with Crippen LogP contribution in [-0.4, -0.2) is 30.7 Å². The molecule has 0 bridgehead atoms. The average Bonchev–Trinajstić information content (AvgIpc) is 2.83. The predicted molar refractivity (Wildman–Crippen MR) is 121 cm³/mol. The summed E-state index contributed by atoms with van der Waals surface area (Å²) in [7, 11) is -2.72. The summed E-state index contributed by atoms with van der Waals surface area (Å²) in [4.78, 5) is 22.0. The Balaban J connectivity index is 1.64. The molecule has 6 nitrogen and oxygen atoms in total. The smallest absolute Gasteiger partial charge is 0.201 e. The van der Waals surface area contributed by atoms with Crippen LogP contribution in [0.4, 0.5) is 8.78 Å². The zero-order valence-electron chi connectivity index (χ0n) is 17.3. The summed E-state index contributed by atoms with van der Waals surface area (Å²) < 4.78 is 52.1. The lowest BCUT2D eigenvalue weighted by atomic mass is 9.98. The van der Waals surface area contributed by atoms with Crippen molar-refractivity contribution in [3.63, 3.8) is 0 Å². The number of aromatic nitrogens is 2. The molecule has 33 heavy (non-hydrogen) atoms. The van der Waals surface area contributed by atoms with Gasteiger partial charge in [-0.05, 0) is 48.7 Å². The molecule has 0 unspecified atom stereocenters. The number of rotatable bonds is 8. The molecule has 9 heteroatoms. The van der Waals surface area contributed by atoms with Crippen molar-refractivity contribution in [2.24, 2.45) is 0 Å². The number of carbonyl (C=O) groups is 1. The first-order valence-corrected chi connectivity index (χ1v) is 11.3. The molecule has 4 rings (SSSR count). The molecule has 1 aromatic heterocycles. The highest BCUT2D eigenvalue weighted by molar-refractivity contribution is 7.70. The summed E-state index contributed by atoms with van der Waals surface area (Å²) >= 11 is 0. The second-order valence-electron chi connectivity index (χ2n) is 7.36. The van der Waals surface area contributed by atoms with Gasteiger partial charge >= 0.3 is 0 Å². The second kappa shape index (κ2) is 9.93. The van der Waals surface area contributed by atoms with E-state index in [4.69, 9.17) is 0 Å². The monoisotopic (exact) mass is 467 g/mol. The number of thiol groups is 1. The van der Waals surface area contributed by atoms with Gasteiger partial charge in [0.1, 0.15) is 0 Å². The summed E-state index contributed by atoms with van der Waals surface area (Å²) in [6.45, 7) is 0.161. The van der Waals surface area contributed by atoms with Crippen molar-refractivity contribution in [1.82, 2.24) is 14.7 Å². The molecule has 0 amide bonds. The van der Waals surface area contributed by atoms with Crippen LogP contribution in [0.1, 0.15) is 27.9 Å². The third-order valence-corrected chi connectivity index (χ3v) is 5.57. The van der Waals surface area contributed by atoms with Crippen LogP contribution in [0.15, 0.2) is 66.9 Å². The van der Waals surface area contributed by atoms with Crippen molar-refractivity contribution in [1.29, 1.82) is 0 Å². The second-order valence-corrected chi connectivity index (χ2v) is 8.19. The van der Waals surface area contributed by atoms with E-state index in [9.17, 15) is 22.0 Å². The summed E-state index contributed by atoms with van der Waals surface area (Å²) in [6.07, 6.45) is 2.28. The van der Waals surface area contributed by atoms with E-state index < -0.39 is 28.3 Å². The zero-order chi connectivity index (χ0) is 23.4. The minimum Gasteiger partial charge on any atom is -0.288 e. The minimum absolute atomic E-state index is 0.155. The van der Waals surface area contributed by atoms with Crippen molar-refractivity contribution in [3.8, 4) is 11.3 Å². The molecule has 0 saturated carbocycles. The Labute approximate surface area is 190 Å². The molecule has 0 atom stereocenters. The number of benzene rings is 3. The maximum absolute atomic E-state index is 14.5. The van der Waals surface area contributed by atoms with Gasteiger partial charge in [0.25, 0.3) is 0 Å². The van der Waals surface area contributed by atoms with Crippen LogP contribution in [0, 0.1) is 11.6 Å². The van der Waals surface area contributed by atoms with Gasteiger partial charge < -0.3 is 0 Å². The molecule has 0 aliphatic heterocycles. The number of ketones is 1. The van der Waals surface area contributed by atoms with Crippen LogP contribution in [0.25, 0.3) is 22.3 Å². The van der Waals surface area contributed by atoms with Gasteiger partial charge in [-0.25, -0.2) is 26.9 Å². The Morgan fingerprint density at radius 3 is 2.52 bits per heavy atom. The third kappa shape index (κ3) is 5.27. The van der Waals surface area contributed by atoms with Crippen molar-refractivity contribution in [2.75, 3.05) is 6.54 Å². The van der Waals surface area contributed by atoms with E-state index in [-0.39, 0.29) is 24.1 Å². The fraction of sp³-hybridized carbons (Fsp3) is 0.125. The molecule has 1 heterocycles. The number of hydrogen-bond donors (Lipinski definition) is 2. The Kier molecular flexibility index (Phi) is 6.81. The van der Waals surface area contributed by atoms with Gasteiger partial charge in [0.15, 0.2) is 17.4 Å². The maximum atomic E-state index is 14.5. The number of nitrogens with zero attached hydrogens (tertiary/aromatic N) is 2. The lowest BCUT2D eigenvalue weighted by molar-refractivity contribution is 0.103. The highest BCUT2D eigenvalue weighted by atomic mass is 32.2. The number of carbonyl (C=O) groups excluding carboxylic acids is 1. The molecule has 3 aromatic carbocycles. The largest absolute Gasteiger partial charge is 0.288 e. The van der Waals surface area contributed by atoms with Crippen LogP contribution in [0.2, 0.25) is 0 Å². The number of nitrogens with one attached hydrogen (secondary N) is 1. The van der Waals surface area contributed by atoms with Crippen LogP contribution < -0.4 is 4.72 Å². The summed E-state index contributed by atoms with van der Waals surface area (Å²) in [5.41, 5.74) is 2.67. The third-order valence-electron chi connectivity index (χ3n) is 5.09. The predicted octanol–water partition coefficient (Wildman–Crippen LogP) is 3.85. The Hall–Kier alpha value is -3.56. The molecule has 1 N–H and O–H groups in total. The summed E-state index contributed by atoms with van der Waals surface area (Å²) in [5.74, 6) is -3.04. The van der Waals surface area contributed by atoms with Crippen LogP contribution in [-0.2, 0) is 17.3 Å². The number of fused-ring (bicyclic) bond motifs is 1. The summed E-state index contributed by atoms with van der Waals surface area (Å²) in [6, 6.07) is 16.4. The first-order chi connectivity index (χ1) is 15.9. The highest BCUT2D eigenvalue weighted by Gasteiger charge is 2.19. The lowest BCUT2D eigenvalue weighted by Gasteiger charge is -2.09. The Bertz CT molecular complexity index is 1400. The van der Waals surface area contributed by atoms with Crippen molar-refractivity contribution < 1.29 is 22.0 Å². The van der Waals surface area contributed by atoms with Crippen LogP contribution in [0.3, 0.4) is 0 Å². The molecule has 0 fully saturated rings. The van der Waals surface area contributed by atoms with Crippen molar-refractivity contribution >= 4 is 27.7 Å². The van der Waals surface area contributed by atoms with Crippen molar-refractivity contribution in [3.05, 3.63) is 95.2 Å². The van der Waals surface area contributed by atoms with E-state index in [0.717, 1.165) is 11.6 Å². The lowest BCUT2D eigenvalue weighted by Crippen LogP contribution is -2.13. The molecule has 0 radical (unpaired) electrons. The molecule has 0 aliphatic rings. The van der Waals surface area contributed by atoms with Crippen molar-refractivity contribution in [2.45, 2.75) is 12.8 Å². The first kappa shape index (κ1) is 22.6. The fourth-order valence-electron chi connectivity index (χ4n) is 3.47. The number of hydrogen-bond acceptors (Lipinski definition) is 5. The van der Waals surface area contributed by atoms with Gasteiger partial charge in [-0.2, -0.15) is 0 Å². The van der Waals surface area contributed by atoms with E-state index >= 15 is 0 Å². The van der Waals surface area contributed by atoms with E-state index in [1.165, 1.54) is 18.2 Å². The molecule has 0 saturated heterocycles. The normalized spacial score (nSPS) is 11.2. The zero-order valence-corrected chi connectivity index (χ0v) is 18.2. The molecule has 4 aromatic rings. The quantitative estimate of drug-likeness (QED) is 0.233. The molecule has 0 spiro atoms. The van der Waals surface area contributed by atoms with Gasteiger partial charge in [0.05, 0.1) is 28.5 Å². The number of halogens is 2. The van der Waals surface area contributed by atoms with Gasteiger partial charge in [0, 0.05) is 17.7 Å². The standard InChI is InChI=1S/C24H19F2N3O3S/c25-19-12-15(5-4-10-28-33(31)32)11-18(23(19)26)24(30)17-8-9-20-21(13-17)29-22(14-27-20)16-6-2-1-3-7-16/h1-3,6-9,11-14,33H,4-5,10H2,(H,28,31,32). The topological polar surface area (TPSA) is 89.0 Å². The van der Waals surface area contributed by atoms with E-state index in [1.807, 2.05) is 30.3 Å². The van der Waals surface area contributed by atoms with E-state index in [1.54, 1.807) is 12.3 Å². The fourth-order valence-corrected chi connectivity index (χ4v) is 3.81. The first-order valence-electron chi connectivity index (χ1n) is 10.1. The van der Waals surface area contributed by atoms with E-state index in [2.05, 4.69) is 14.7 Å².